The normalized spacial score (nSPS) is 28.1. The van der Waals surface area contributed by atoms with Crippen molar-refractivity contribution >= 4 is 22.6 Å². The van der Waals surface area contributed by atoms with E-state index in [1.165, 1.54) is 12.1 Å². The molecule has 3 aromatic rings. The molecular weight excluding hydrogens is 595 g/mol. The Hall–Kier alpha value is -4.24. The number of fused-ring (bicyclic) bond motifs is 5. The van der Waals surface area contributed by atoms with Gasteiger partial charge in [0.2, 0.25) is 5.91 Å². The lowest BCUT2D eigenvalue weighted by molar-refractivity contribution is -0.128. The molecule has 1 aromatic carbocycles. The van der Waals surface area contributed by atoms with E-state index in [4.69, 9.17) is 9.72 Å². The Labute approximate surface area is 264 Å². The maximum Gasteiger partial charge on any atom is 0.319 e. The fourth-order valence-corrected chi connectivity index (χ4v) is 8.47. The number of amides is 1. The van der Waals surface area contributed by atoms with Crippen LogP contribution in [0.1, 0.15) is 49.1 Å². The standard InChI is InChI=1S/C34H34F3N7O2/c1-2-27(45)44-11-10-42(17-21(44)6-8-38)32-25-15-39-30(22-4-5-26(36)28-23-12-19(23)13-24(22)28)29(37)31(25)40-33(41-32)46-18-34-7-3-9-43(34)16-20(35)14-34/h2,4-5,15,19-21,23H,1,3,6-7,9-14,16-18H2/t19-,20+,21-,23-,34-/m0/s1. The van der Waals surface area contributed by atoms with Crippen LogP contribution in [0.25, 0.3) is 22.2 Å². The number of aromatic nitrogens is 3. The van der Waals surface area contributed by atoms with E-state index in [9.17, 15) is 18.8 Å². The van der Waals surface area contributed by atoms with Gasteiger partial charge in [-0.3, -0.25) is 14.7 Å². The third kappa shape index (κ3) is 4.62. The SMILES string of the molecule is C=CC(=O)N1CCN(c2nc(OC[C@@]34CCCN3C[C@H](F)C4)nc3c(F)c(-c4ccc(F)c5c4C[C@@H]4C[C@H]54)ncc23)C[C@@H]1CC#N. The lowest BCUT2D eigenvalue weighted by atomic mass is 9.95. The predicted molar refractivity (Wildman–Crippen MR) is 164 cm³/mol. The average molecular weight is 630 g/mol. The highest BCUT2D eigenvalue weighted by molar-refractivity contribution is 5.93. The molecule has 8 rings (SSSR count). The number of hydrogen-bond acceptors (Lipinski definition) is 8. The summed E-state index contributed by atoms with van der Waals surface area (Å²) in [6, 6.07) is 4.68. The van der Waals surface area contributed by atoms with E-state index < -0.39 is 23.6 Å². The first-order valence-corrected chi connectivity index (χ1v) is 16.0. The molecule has 12 heteroatoms. The number of anilines is 1. The number of carbonyl (C=O) groups is 1. The molecule has 1 amide bonds. The van der Waals surface area contributed by atoms with Crippen LogP contribution in [-0.2, 0) is 11.2 Å². The van der Waals surface area contributed by atoms with Crippen molar-refractivity contribution in [3.05, 3.63) is 53.7 Å². The molecule has 3 saturated heterocycles. The summed E-state index contributed by atoms with van der Waals surface area (Å²) in [6.45, 7) is 5.89. The third-order valence-corrected chi connectivity index (χ3v) is 10.8. The zero-order chi connectivity index (χ0) is 31.7. The van der Waals surface area contributed by atoms with Crippen molar-refractivity contribution in [2.45, 2.75) is 62.2 Å². The van der Waals surface area contributed by atoms with Gasteiger partial charge in [0.15, 0.2) is 5.82 Å². The van der Waals surface area contributed by atoms with Crippen LogP contribution in [-0.4, -0.2) is 87.7 Å². The molecule has 0 unspecified atom stereocenters. The summed E-state index contributed by atoms with van der Waals surface area (Å²) >= 11 is 0. The molecule has 5 atom stereocenters. The minimum atomic E-state index is -0.932. The van der Waals surface area contributed by atoms with Crippen LogP contribution < -0.4 is 9.64 Å². The van der Waals surface area contributed by atoms with Gasteiger partial charge in [-0.2, -0.15) is 15.2 Å². The lowest BCUT2D eigenvalue weighted by Gasteiger charge is -2.41. The van der Waals surface area contributed by atoms with Gasteiger partial charge in [-0.1, -0.05) is 6.58 Å². The molecule has 0 bridgehead atoms. The molecule has 0 spiro atoms. The van der Waals surface area contributed by atoms with E-state index in [0.717, 1.165) is 31.4 Å². The summed E-state index contributed by atoms with van der Waals surface area (Å²) in [5, 5.41) is 9.88. The van der Waals surface area contributed by atoms with Gasteiger partial charge in [0.25, 0.3) is 0 Å². The molecule has 0 radical (unpaired) electrons. The number of nitrogens with zero attached hydrogens (tertiary/aromatic N) is 7. The summed E-state index contributed by atoms with van der Waals surface area (Å²) in [7, 11) is 0. The zero-order valence-electron chi connectivity index (χ0n) is 25.4. The van der Waals surface area contributed by atoms with Crippen molar-refractivity contribution < 1.29 is 22.7 Å². The minimum Gasteiger partial charge on any atom is -0.461 e. The molecular formula is C34H34F3N7O2. The van der Waals surface area contributed by atoms with Gasteiger partial charge in [0.1, 0.15) is 35.6 Å². The number of carbonyl (C=O) groups excluding carboxylic acids is 1. The topological polar surface area (TPSA) is 98.5 Å². The fourth-order valence-electron chi connectivity index (χ4n) is 8.47. The number of piperazine rings is 1. The highest BCUT2D eigenvalue weighted by atomic mass is 19.1. The van der Waals surface area contributed by atoms with E-state index in [-0.39, 0.29) is 54.4 Å². The first kappa shape index (κ1) is 29.2. The number of halogens is 3. The van der Waals surface area contributed by atoms with Crippen LogP contribution in [0.4, 0.5) is 19.0 Å². The monoisotopic (exact) mass is 629 g/mol. The van der Waals surface area contributed by atoms with Gasteiger partial charge in [-0.15, -0.1) is 0 Å². The number of pyridine rings is 1. The number of alkyl halides is 1. The van der Waals surface area contributed by atoms with Crippen molar-refractivity contribution in [2.24, 2.45) is 5.92 Å². The molecule has 238 valence electrons. The lowest BCUT2D eigenvalue weighted by Crippen LogP contribution is -2.55. The number of hydrogen-bond donors (Lipinski definition) is 0. The van der Waals surface area contributed by atoms with Crippen molar-refractivity contribution in [2.75, 3.05) is 44.2 Å². The predicted octanol–water partition coefficient (Wildman–Crippen LogP) is 4.70. The van der Waals surface area contributed by atoms with Gasteiger partial charge in [-0.25, -0.2) is 13.2 Å². The van der Waals surface area contributed by atoms with E-state index in [1.807, 2.05) is 4.90 Å². The highest BCUT2D eigenvalue weighted by Gasteiger charge is 2.50. The molecule has 2 aromatic heterocycles. The highest BCUT2D eigenvalue weighted by Crippen LogP contribution is 2.58. The summed E-state index contributed by atoms with van der Waals surface area (Å²) in [6.07, 6.45) is 5.70. The van der Waals surface area contributed by atoms with Crippen molar-refractivity contribution in [1.29, 1.82) is 5.26 Å². The van der Waals surface area contributed by atoms with Crippen LogP contribution in [0, 0.1) is 28.9 Å². The van der Waals surface area contributed by atoms with Crippen molar-refractivity contribution in [3.8, 4) is 23.3 Å². The fraction of sp³-hybridized carbons (Fsp3) is 0.500. The second-order valence-corrected chi connectivity index (χ2v) is 13.4. The molecule has 3 aliphatic heterocycles. The number of benzene rings is 1. The molecule has 0 N–H and O–H groups in total. The molecule has 9 nitrogen and oxygen atoms in total. The van der Waals surface area contributed by atoms with E-state index in [2.05, 4.69) is 27.5 Å². The molecule has 46 heavy (non-hydrogen) atoms. The Morgan fingerprint density at radius 3 is 2.91 bits per heavy atom. The number of rotatable bonds is 7. The summed E-state index contributed by atoms with van der Waals surface area (Å²) in [5.41, 5.74) is 1.71. The molecule has 2 aliphatic carbocycles. The maximum atomic E-state index is 16.7. The third-order valence-electron chi connectivity index (χ3n) is 10.8. The van der Waals surface area contributed by atoms with Gasteiger partial charge in [0, 0.05) is 44.4 Å². The molecule has 5 heterocycles. The van der Waals surface area contributed by atoms with Crippen LogP contribution in [0.5, 0.6) is 6.01 Å². The second kappa shape index (κ2) is 10.9. The summed E-state index contributed by atoms with van der Waals surface area (Å²) in [4.78, 5) is 32.1. The van der Waals surface area contributed by atoms with E-state index >= 15 is 4.39 Å². The summed E-state index contributed by atoms with van der Waals surface area (Å²) < 4.78 is 52.2. The van der Waals surface area contributed by atoms with Crippen molar-refractivity contribution in [1.82, 2.24) is 24.8 Å². The van der Waals surface area contributed by atoms with Gasteiger partial charge < -0.3 is 14.5 Å². The van der Waals surface area contributed by atoms with E-state index in [0.29, 0.717) is 60.7 Å². The zero-order valence-corrected chi connectivity index (χ0v) is 25.4. The van der Waals surface area contributed by atoms with Gasteiger partial charge >= 0.3 is 6.01 Å². The minimum absolute atomic E-state index is 0.0169. The van der Waals surface area contributed by atoms with Gasteiger partial charge in [0.05, 0.1) is 29.5 Å². The molecule has 4 fully saturated rings. The quantitative estimate of drug-likeness (QED) is 0.347. The molecule has 1 saturated carbocycles. The number of ether oxygens (including phenoxy) is 1. The second-order valence-electron chi connectivity index (χ2n) is 13.4. The number of nitriles is 1. The Kier molecular flexibility index (Phi) is 6.94. The summed E-state index contributed by atoms with van der Waals surface area (Å²) in [5.74, 6) is -0.206. The van der Waals surface area contributed by atoms with Crippen LogP contribution >= 0.6 is 0 Å². The maximum absolute atomic E-state index is 16.7. The first-order chi connectivity index (χ1) is 22.3. The Morgan fingerprint density at radius 2 is 2.09 bits per heavy atom. The van der Waals surface area contributed by atoms with Crippen LogP contribution in [0.2, 0.25) is 0 Å². The van der Waals surface area contributed by atoms with E-state index in [1.54, 1.807) is 17.2 Å². The Balaban J connectivity index is 1.21. The van der Waals surface area contributed by atoms with Gasteiger partial charge in [-0.05, 0) is 73.4 Å². The Morgan fingerprint density at radius 1 is 1.22 bits per heavy atom. The average Bonchev–Trinajstić information content (AvgIpc) is 3.36. The Bertz CT molecular complexity index is 1810. The van der Waals surface area contributed by atoms with Crippen molar-refractivity contribution in [3.63, 3.8) is 0 Å². The van der Waals surface area contributed by atoms with Crippen LogP contribution in [0.15, 0.2) is 31.0 Å². The smallest absolute Gasteiger partial charge is 0.319 e. The van der Waals surface area contributed by atoms with Crippen LogP contribution in [0.3, 0.4) is 0 Å². The molecule has 5 aliphatic rings. The largest absolute Gasteiger partial charge is 0.461 e. The first-order valence-electron chi connectivity index (χ1n) is 16.0.